The van der Waals surface area contributed by atoms with Crippen molar-refractivity contribution in [3.05, 3.63) is 35.1 Å². The topological polar surface area (TPSA) is 101 Å². The first-order valence-electron chi connectivity index (χ1n) is 5.46. The molecule has 107 valence electrons. The maximum Gasteiger partial charge on any atom is 0.236 e. The van der Waals surface area contributed by atoms with Gasteiger partial charge in [-0.1, -0.05) is 0 Å². The minimum atomic E-state index is -4.00. The van der Waals surface area contributed by atoms with Crippen LogP contribution in [0.25, 0.3) is 0 Å². The van der Waals surface area contributed by atoms with Crippen LogP contribution in [-0.4, -0.2) is 24.3 Å². The molecule has 2 atom stereocenters. The van der Waals surface area contributed by atoms with E-state index in [2.05, 4.69) is 6.07 Å². The molecule has 0 saturated heterocycles. The SMILES string of the molecule is CC(Cl)S(=O)(=O)C(Cc1c[c]c(F)cc1C#N)C(N)=O. The summed E-state index contributed by atoms with van der Waals surface area (Å²) in [4.78, 5) is 11.3. The van der Waals surface area contributed by atoms with E-state index in [9.17, 15) is 17.6 Å². The quantitative estimate of drug-likeness (QED) is 0.815. The van der Waals surface area contributed by atoms with Gasteiger partial charge >= 0.3 is 0 Å². The van der Waals surface area contributed by atoms with Crippen LogP contribution in [0.3, 0.4) is 0 Å². The summed E-state index contributed by atoms with van der Waals surface area (Å²) >= 11 is 5.54. The number of nitriles is 1. The van der Waals surface area contributed by atoms with Crippen molar-refractivity contribution in [3.8, 4) is 6.07 Å². The molecule has 0 heterocycles. The molecule has 0 aliphatic carbocycles. The van der Waals surface area contributed by atoms with E-state index in [1.54, 1.807) is 6.07 Å². The van der Waals surface area contributed by atoms with Crippen molar-refractivity contribution < 1.29 is 17.6 Å². The Labute approximate surface area is 121 Å². The van der Waals surface area contributed by atoms with Gasteiger partial charge in [0.05, 0.1) is 11.6 Å². The van der Waals surface area contributed by atoms with Crippen LogP contribution < -0.4 is 5.73 Å². The summed E-state index contributed by atoms with van der Waals surface area (Å²) in [6, 6.07) is 5.95. The van der Waals surface area contributed by atoms with Crippen LogP contribution in [0.1, 0.15) is 18.1 Å². The highest BCUT2D eigenvalue weighted by Gasteiger charge is 2.35. The van der Waals surface area contributed by atoms with Crippen LogP contribution in [0.5, 0.6) is 0 Å². The van der Waals surface area contributed by atoms with E-state index < -0.39 is 31.5 Å². The summed E-state index contributed by atoms with van der Waals surface area (Å²) in [5, 5.41) is 7.30. The van der Waals surface area contributed by atoms with E-state index in [1.807, 2.05) is 0 Å². The van der Waals surface area contributed by atoms with Crippen molar-refractivity contribution >= 4 is 27.3 Å². The van der Waals surface area contributed by atoms with Gasteiger partial charge in [-0.2, -0.15) is 5.26 Å². The fourth-order valence-electron chi connectivity index (χ4n) is 1.57. The van der Waals surface area contributed by atoms with Crippen molar-refractivity contribution in [2.45, 2.75) is 23.3 Å². The third-order valence-electron chi connectivity index (χ3n) is 2.69. The van der Waals surface area contributed by atoms with Crippen molar-refractivity contribution in [2.75, 3.05) is 0 Å². The Morgan fingerprint density at radius 2 is 2.25 bits per heavy atom. The lowest BCUT2D eigenvalue weighted by molar-refractivity contribution is -0.117. The normalized spacial score (nSPS) is 14.3. The molecule has 2 unspecified atom stereocenters. The van der Waals surface area contributed by atoms with Crippen molar-refractivity contribution in [3.63, 3.8) is 0 Å². The number of primary amides is 1. The summed E-state index contributed by atoms with van der Waals surface area (Å²) in [5.74, 6) is -1.83. The van der Waals surface area contributed by atoms with Gasteiger partial charge in [0, 0.05) is 6.07 Å². The van der Waals surface area contributed by atoms with Gasteiger partial charge in [-0.3, -0.25) is 4.79 Å². The average Bonchev–Trinajstić information content (AvgIpc) is 2.36. The Morgan fingerprint density at radius 1 is 1.65 bits per heavy atom. The molecule has 20 heavy (non-hydrogen) atoms. The molecule has 0 aliphatic rings. The number of hydrogen-bond acceptors (Lipinski definition) is 4. The summed E-state index contributed by atoms with van der Waals surface area (Å²) in [7, 11) is -4.00. The van der Waals surface area contributed by atoms with Gasteiger partial charge < -0.3 is 5.73 Å². The van der Waals surface area contributed by atoms with Gasteiger partial charge in [-0.25, -0.2) is 12.8 Å². The fourth-order valence-corrected chi connectivity index (χ4v) is 3.13. The number of sulfone groups is 1. The molecule has 0 aliphatic heterocycles. The third kappa shape index (κ3) is 3.46. The zero-order valence-electron chi connectivity index (χ0n) is 10.4. The zero-order valence-corrected chi connectivity index (χ0v) is 12.0. The standard InChI is InChI=1S/C12H11ClFN2O3S/c1-7(13)20(18,19)11(12(16)17)5-8-2-3-10(14)4-9(8)6-15/h2,4,7,11H,5H2,1H3,(H2,16,17). The van der Waals surface area contributed by atoms with Crippen LogP contribution >= 0.6 is 11.6 Å². The zero-order chi connectivity index (χ0) is 15.5. The molecule has 0 spiro atoms. The lowest BCUT2D eigenvalue weighted by Gasteiger charge is -2.16. The molecule has 1 aromatic rings. The Hall–Kier alpha value is -1.65. The number of nitrogens with zero attached hydrogens (tertiary/aromatic N) is 1. The van der Waals surface area contributed by atoms with Gasteiger partial charge in [0.2, 0.25) is 5.91 Å². The molecule has 1 radical (unpaired) electrons. The molecule has 1 rings (SSSR count). The maximum atomic E-state index is 13.0. The predicted molar refractivity (Wildman–Crippen MR) is 70.9 cm³/mol. The summed E-state index contributed by atoms with van der Waals surface area (Å²) in [5.41, 5.74) is 5.17. The summed E-state index contributed by atoms with van der Waals surface area (Å²) in [6.07, 6.45) is -0.353. The number of amides is 1. The molecule has 0 aromatic heterocycles. The van der Waals surface area contributed by atoms with Gasteiger partial charge in [0.15, 0.2) is 9.84 Å². The monoisotopic (exact) mass is 317 g/mol. The minimum absolute atomic E-state index is 0.0788. The van der Waals surface area contributed by atoms with Crippen molar-refractivity contribution in [2.24, 2.45) is 5.73 Å². The molecule has 8 heteroatoms. The average molecular weight is 318 g/mol. The number of nitrogens with two attached hydrogens (primary N) is 1. The molecule has 0 fully saturated rings. The second kappa shape index (κ2) is 6.20. The highest BCUT2D eigenvalue weighted by molar-refractivity contribution is 7.94. The maximum absolute atomic E-state index is 13.0. The Kier molecular flexibility index (Phi) is 5.09. The lowest BCUT2D eigenvalue weighted by atomic mass is 10.0. The Balaban J connectivity index is 3.24. The van der Waals surface area contributed by atoms with Gasteiger partial charge in [-0.15, -0.1) is 11.6 Å². The number of halogens is 2. The smallest absolute Gasteiger partial charge is 0.236 e. The Bertz CT molecular complexity index is 668. The van der Waals surface area contributed by atoms with E-state index in [-0.39, 0.29) is 17.5 Å². The van der Waals surface area contributed by atoms with Crippen LogP contribution in [-0.2, 0) is 21.1 Å². The van der Waals surface area contributed by atoms with Crippen molar-refractivity contribution in [1.82, 2.24) is 0 Å². The number of carbonyl (C=O) groups excluding carboxylic acids is 1. The highest BCUT2D eigenvalue weighted by atomic mass is 35.5. The number of hydrogen-bond donors (Lipinski definition) is 1. The third-order valence-corrected chi connectivity index (χ3v) is 5.54. The predicted octanol–water partition coefficient (Wildman–Crippen LogP) is 0.894. The largest absolute Gasteiger partial charge is 0.369 e. The van der Waals surface area contributed by atoms with Gasteiger partial charge in [-0.05, 0) is 31.0 Å². The van der Waals surface area contributed by atoms with E-state index in [1.165, 1.54) is 6.92 Å². The fraction of sp³-hybridized carbons (Fsp3) is 0.333. The first-order chi connectivity index (χ1) is 9.20. The number of benzene rings is 1. The lowest BCUT2D eigenvalue weighted by Crippen LogP contribution is -2.40. The number of carbonyl (C=O) groups is 1. The van der Waals surface area contributed by atoms with Crippen LogP contribution in [0.4, 0.5) is 4.39 Å². The van der Waals surface area contributed by atoms with Crippen LogP contribution in [0.15, 0.2) is 12.1 Å². The first-order valence-corrected chi connectivity index (χ1v) is 7.51. The summed E-state index contributed by atoms with van der Waals surface area (Å²) < 4.78 is 35.5. The van der Waals surface area contributed by atoms with E-state index in [0.717, 1.165) is 12.1 Å². The molecule has 0 saturated carbocycles. The Morgan fingerprint density at radius 3 is 2.70 bits per heavy atom. The second-order valence-corrected chi connectivity index (χ2v) is 7.43. The van der Waals surface area contributed by atoms with E-state index >= 15 is 0 Å². The minimum Gasteiger partial charge on any atom is -0.369 e. The van der Waals surface area contributed by atoms with Crippen LogP contribution in [0, 0.1) is 23.2 Å². The van der Waals surface area contributed by atoms with E-state index in [0.29, 0.717) is 0 Å². The van der Waals surface area contributed by atoms with Gasteiger partial charge in [0.25, 0.3) is 0 Å². The molecular formula is C12H11ClFN2O3S. The summed E-state index contributed by atoms with van der Waals surface area (Å²) in [6.45, 7) is 1.20. The molecule has 0 bridgehead atoms. The molecule has 1 amide bonds. The number of rotatable bonds is 5. The van der Waals surface area contributed by atoms with Crippen molar-refractivity contribution in [1.29, 1.82) is 5.26 Å². The first kappa shape index (κ1) is 16.4. The molecule has 1 aromatic carbocycles. The van der Waals surface area contributed by atoms with Crippen LogP contribution in [0.2, 0.25) is 0 Å². The van der Waals surface area contributed by atoms with E-state index in [4.69, 9.17) is 22.6 Å². The second-order valence-electron chi connectivity index (χ2n) is 4.06. The molecule has 5 nitrogen and oxygen atoms in total. The highest BCUT2D eigenvalue weighted by Crippen LogP contribution is 2.20. The molecule has 2 N–H and O–H groups in total. The van der Waals surface area contributed by atoms with Gasteiger partial charge in [0.1, 0.15) is 15.8 Å². The molecular weight excluding hydrogens is 307 g/mol. The number of alkyl halides is 1.